The van der Waals surface area contributed by atoms with Gasteiger partial charge in [-0.15, -0.1) is 0 Å². The molecule has 0 amide bonds. The normalized spacial score (nSPS) is 17.5. The van der Waals surface area contributed by atoms with Gasteiger partial charge in [0.25, 0.3) is 0 Å². The minimum absolute atomic E-state index is 0.0216. The summed E-state index contributed by atoms with van der Waals surface area (Å²) in [4.78, 5) is 13.6. The van der Waals surface area contributed by atoms with Gasteiger partial charge >= 0.3 is 0 Å². The first-order valence-electron chi connectivity index (χ1n) is 11.6. The second-order valence-corrected chi connectivity index (χ2v) is 9.95. The molecule has 0 aliphatic carbocycles. The van der Waals surface area contributed by atoms with Gasteiger partial charge in [-0.25, -0.2) is 0 Å². The van der Waals surface area contributed by atoms with Crippen LogP contribution >= 0.6 is 0 Å². The van der Waals surface area contributed by atoms with Crippen LogP contribution in [-0.2, 0) is 12.8 Å². The Labute approximate surface area is 198 Å². The molecule has 1 aromatic heterocycles. The van der Waals surface area contributed by atoms with Crippen LogP contribution in [0.2, 0.25) is 0 Å². The number of aromatic hydroxyl groups is 2. The number of allylic oxidation sites excluding steroid dienone is 4. The van der Waals surface area contributed by atoms with E-state index in [0.717, 1.165) is 18.4 Å². The van der Waals surface area contributed by atoms with Gasteiger partial charge in [-0.1, -0.05) is 23.3 Å². The van der Waals surface area contributed by atoms with Gasteiger partial charge in [-0.3, -0.25) is 4.79 Å². The van der Waals surface area contributed by atoms with Gasteiger partial charge in [-0.2, -0.15) is 0 Å². The molecule has 3 N–H and O–H groups in total. The lowest BCUT2D eigenvalue weighted by Gasteiger charge is -2.38. The third-order valence-corrected chi connectivity index (χ3v) is 6.53. The Morgan fingerprint density at radius 1 is 1.18 bits per heavy atom. The van der Waals surface area contributed by atoms with E-state index in [-0.39, 0.29) is 45.5 Å². The topological polar surface area (TPSA) is 100 Å². The molecule has 2 heterocycles. The summed E-state index contributed by atoms with van der Waals surface area (Å²) in [6, 6.07) is 4.37. The maximum absolute atomic E-state index is 13.6. The van der Waals surface area contributed by atoms with Crippen LogP contribution in [0.15, 0.2) is 50.7 Å². The Bertz CT molecular complexity index is 1390. The molecule has 3 aromatic rings. The largest absolute Gasteiger partial charge is 0.508 e. The summed E-state index contributed by atoms with van der Waals surface area (Å²) in [5, 5.41) is 32.3. The maximum atomic E-state index is 13.6. The maximum Gasteiger partial charge on any atom is 0.204 e. The monoisotopic (exact) mass is 464 g/mol. The van der Waals surface area contributed by atoms with Crippen LogP contribution in [0.1, 0.15) is 58.6 Å². The standard InChI is InChI=1S/C28H32O6/c1-15(2)7-6-8-16(3)9-11-18-24(31)20-14-22(30)28(4,5)34-27(20)23-25(32)19-13-17(29)10-12-21(19)33-26(18)23/h7,9-10,12-13,22,29-31H,6,8,11,14H2,1-5H3/b16-9+/t22-/m0/s1. The van der Waals surface area contributed by atoms with Gasteiger partial charge in [0.1, 0.15) is 39.4 Å². The molecule has 0 saturated heterocycles. The summed E-state index contributed by atoms with van der Waals surface area (Å²) in [5.74, 6) is 0.167. The molecule has 0 bridgehead atoms. The Hall–Kier alpha value is -3.25. The molecule has 2 aromatic carbocycles. The van der Waals surface area contributed by atoms with Crippen LogP contribution in [0.25, 0.3) is 21.9 Å². The second-order valence-electron chi connectivity index (χ2n) is 9.95. The van der Waals surface area contributed by atoms with Crippen molar-refractivity contribution in [2.45, 2.75) is 72.0 Å². The van der Waals surface area contributed by atoms with Crippen LogP contribution in [0, 0.1) is 0 Å². The minimum atomic E-state index is -0.949. The first-order valence-corrected chi connectivity index (χ1v) is 11.6. The zero-order chi connectivity index (χ0) is 24.8. The molecule has 1 aliphatic rings. The third-order valence-electron chi connectivity index (χ3n) is 6.53. The molecule has 6 nitrogen and oxygen atoms in total. The van der Waals surface area contributed by atoms with E-state index in [0.29, 0.717) is 23.1 Å². The Morgan fingerprint density at radius 3 is 2.62 bits per heavy atom. The fourth-order valence-corrected chi connectivity index (χ4v) is 4.38. The SMILES string of the molecule is CC(C)=CCC/C(C)=C/Cc1c(O)c2c(c3c(=O)c4cc(O)ccc4oc13)OC(C)(C)[C@@H](O)C2. The molecule has 0 spiro atoms. The number of benzene rings is 2. The lowest BCUT2D eigenvalue weighted by molar-refractivity contribution is -0.0406. The van der Waals surface area contributed by atoms with Gasteiger partial charge in [0.2, 0.25) is 5.43 Å². The van der Waals surface area contributed by atoms with E-state index in [9.17, 15) is 20.1 Å². The van der Waals surface area contributed by atoms with Crippen molar-refractivity contribution >= 4 is 21.9 Å². The number of aliphatic hydroxyl groups is 1. The van der Waals surface area contributed by atoms with E-state index in [1.165, 1.54) is 17.7 Å². The van der Waals surface area contributed by atoms with Crippen molar-refractivity contribution < 1.29 is 24.5 Å². The van der Waals surface area contributed by atoms with Crippen molar-refractivity contribution in [3.63, 3.8) is 0 Å². The summed E-state index contributed by atoms with van der Waals surface area (Å²) in [5.41, 5.74) is 2.60. The molecule has 180 valence electrons. The van der Waals surface area contributed by atoms with Crippen LogP contribution < -0.4 is 10.2 Å². The summed E-state index contributed by atoms with van der Waals surface area (Å²) < 4.78 is 12.2. The first-order chi connectivity index (χ1) is 16.0. The van der Waals surface area contributed by atoms with E-state index < -0.39 is 11.7 Å². The number of fused-ring (bicyclic) bond motifs is 4. The highest BCUT2D eigenvalue weighted by Crippen LogP contribution is 2.46. The second kappa shape index (κ2) is 8.84. The Kier molecular flexibility index (Phi) is 6.21. The number of aliphatic hydroxyl groups excluding tert-OH is 1. The molecule has 1 atom stereocenters. The zero-order valence-corrected chi connectivity index (χ0v) is 20.4. The Balaban J connectivity index is 1.95. The minimum Gasteiger partial charge on any atom is -0.508 e. The smallest absolute Gasteiger partial charge is 0.204 e. The summed E-state index contributed by atoms with van der Waals surface area (Å²) in [6.45, 7) is 9.66. The highest BCUT2D eigenvalue weighted by Gasteiger charge is 2.40. The highest BCUT2D eigenvalue weighted by molar-refractivity contribution is 5.97. The predicted molar refractivity (Wildman–Crippen MR) is 134 cm³/mol. The van der Waals surface area contributed by atoms with E-state index in [1.54, 1.807) is 19.9 Å². The van der Waals surface area contributed by atoms with E-state index >= 15 is 0 Å². The summed E-state index contributed by atoms with van der Waals surface area (Å²) >= 11 is 0. The van der Waals surface area contributed by atoms with Crippen molar-refractivity contribution in [2.75, 3.05) is 0 Å². The van der Waals surface area contributed by atoms with Crippen LogP contribution in [-0.4, -0.2) is 27.0 Å². The average molecular weight is 465 g/mol. The van der Waals surface area contributed by atoms with E-state index in [1.807, 2.05) is 13.0 Å². The Morgan fingerprint density at radius 2 is 1.91 bits per heavy atom. The lowest BCUT2D eigenvalue weighted by atomic mass is 9.87. The van der Waals surface area contributed by atoms with E-state index in [2.05, 4.69) is 19.9 Å². The van der Waals surface area contributed by atoms with Crippen molar-refractivity contribution in [1.82, 2.24) is 0 Å². The molecular formula is C28H32O6. The number of hydrogen-bond donors (Lipinski definition) is 3. The third kappa shape index (κ3) is 4.30. The quantitative estimate of drug-likeness (QED) is 0.332. The van der Waals surface area contributed by atoms with Gasteiger partial charge in [0.15, 0.2) is 0 Å². The molecule has 0 saturated carbocycles. The number of phenolic OH excluding ortho intramolecular Hbond substituents is 2. The molecule has 34 heavy (non-hydrogen) atoms. The molecule has 6 heteroatoms. The van der Waals surface area contributed by atoms with Crippen molar-refractivity contribution in [3.05, 3.63) is 62.8 Å². The van der Waals surface area contributed by atoms with Gasteiger partial charge in [0.05, 0.1) is 11.5 Å². The average Bonchev–Trinajstić information content (AvgIpc) is 2.75. The van der Waals surface area contributed by atoms with Gasteiger partial charge in [-0.05, 0) is 72.1 Å². The lowest BCUT2D eigenvalue weighted by Crippen LogP contribution is -2.46. The van der Waals surface area contributed by atoms with Crippen molar-refractivity contribution in [3.8, 4) is 17.2 Å². The predicted octanol–water partition coefficient (Wildman–Crippen LogP) is 5.67. The molecule has 0 fully saturated rings. The van der Waals surface area contributed by atoms with Gasteiger partial charge < -0.3 is 24.5 Å². The molecular weight excluding hydrogens is 432 g/mol. The van der Waals surface area contributed by atoms with Crippen molar-refractivity contribution in [2.24, 2.45) is 0 Å². The van der Waals surface area contributed by atoms with Crippen molar-refractivity contribution in [1.29, 1.82) is 0 Å². The van der Waals surface area contributed by atoms with Crippen LogP contribution in [0.4, 0.5) is 0 Å². The molecule has 4 rings (SSSR count). The summed E-state index contributed by atoms with van der Waals surface area (Å²) in [6.07, 6.45) is 5.69. The first kappa shape index (κ1) is 23.9. The number of ether oxygens (including phenoxy) is 1. The van der Waals surface area contributed by atoms with E-state index in [4.69, 9.17) is 9.15 Å². The van der Waals surface area contributed by atoms with Gasteiger partial charge in [0, 0.05) is 17.5 Å². The summed E-state index contributed by atoms with van der Waals surface area (Å²) in [7, 11) is 0. The van der Waals surface area contributed by atoms with Crippen LogP contribution in [0.3, 0.4) is 0 Å². The fourth-order valence-electron chi connectivity index (χ4n) is 4.38. The fraction of sp³-hybridized carbons (Fsp3) is 0.393. The molecule has 1 aliphatic heterocycles. The number of hydrogen-bond acceptors (Lipinski definition) is 6. The number of rotatable bonds is 5. The highest BCUT2D eigenvalue weighted by atomic mass is 16.5. The molecule has 0 radical (unpaired) electrons. The number of phenols is 2. The zero-order valence-electron chi connectivity index (χ0n) is 20.4. The molecule has 0 unspecified atom stereocenters. The van der Waals surface area contributed by atoms with Crippen LogP contribution in [0.5, 0.6) is 17.2 Å².